The summed E-state index contributed by atoms with van der Waals surface area (Å²) >= 11 is 0. The highest BCUT2D eigenvalue weighted by molar-refractivity contribution is 5.92. The quantitative estimate of drug-likeness (QED) is 0.456. The molecule has 56 valence electrons. The average Bonchev–Trinajstić information content (AvgIpc) is 2.43. The largest absolute Gasteiger partial charge is 0.481 e. The minimum atomic E-state index is -1.49. The standard InChI is InChI=1S/C5H7NO4/c6-5(4(9)10)1-2(5)3(7)8/h2H,1,6H2,(H,7,8)(H,9,10)/t2-,5-/m0/s1. The van der Waals surface area contributed by atoms with E-state index in [1.807, 2.05) is 0 Å². The van der Waals surface area contributed by atoms with Gasteiger partial charge in [-0.05, 0) is 6.42 Å². The maximum atomic E-state index is 10.2. The number of carboxylic acid groups (broad SMARTS) is 2. The van der Waals surface area contributed by atoms with Crippen molar-refractivity contribution in [1.29, 1.82) is 0 Å². The van der Waals surface area contributed by atoms with Crippen LogP contribution in [0.25, 0.3) is 0 Å². The van der Waals surface area contributed by atoms with Crippen LogP contribution >= 0.6 is 0 Å². The first-order chi connectivity index (χ1) is 4.48. The Morgan fingerprint density at radius 2 is 2.00 bits per heavy atom. The van der Waals surface area contributed by atoms with Crippen molar-refractivity contribution in [3.8, 4) is 0 Å². The molecule has 0 radical (unpaired) electrons. The van der Waals surface area contributed by atoms with Crippen molar-refractivity contribution in [2.75, 3.05) is 0 Å². The predicted molar refractivity (Wildman–Crippen MR) is 30.3 cm³/mol. The second-order valence-corrected chi connectivity index (χ2v) is 2.44. The lowest BCUT2D eigenvalue weighted by Crippen LogP contribution is -2.36. The molecular weight excluding hydrogens is 138 g/mol. The Kier molecular flexibility index (Phi) is 1.19. The van der Waals surface area contributed by atoms with Gasteiger partial charge in [0.05, 0.1) is 5.92 Å². The van der Waals surface area contributed by atoms with Crippen LogP contribution in [0.1, 0.15) is 6.42 Å². The van der Waals surface area contributed by atoms with E-state index in [-0.39, 0.29) is 6.42 Å². The Hall–Kier alpha value is -1.10. The third kappa shape index (κ3) is 0.750. The van der Waals surface area contributed by atoms with Crippen LogP contribution in [0.2, 0.25) is 0 Å². The smallest absolute Gasteiger partial charge is 0.324 e. The van der Waals surface area contributed by atoms with Gasteiger partial charge in [-0.15, -0.1) is 0 Å². The van der Waals surface area contributed by atoms with Crippen LogP contribution in [0.5, 0.6) is 0 Å². The Labute approximate surface area is 56.4 Å². The molecule has 0 bridgehead atoms. The highest BCUT2D eigenvalue weighted by Gasteiger charge is 2.62. The van der Waals surface area contributed by atoms with E-state index in [0.717, 1.165) is 0 Å². The third-order valence-corrected chi connectivity index (χ3v) is 1.70. The second-order valence-electron chi connectivity index (χ2n) is 2.44. The van der Waals surface area contributed by atoms with Gasteiger partial charge in [-0.2, -0.15) is 0 Å². The van der Waals surface area contributed by atoms with Crippen LogP contribution in [0, 0.1) is 5.92 Å². The number of carbonyl (C=O) groups is 2. The Bertz CT molecular complexity index is 202. The zero-order valence-corrected chi connectivity index (χ0v) is 5.07. The van der Waals surface area contributed by atoms with Gasteiger partial charge in [-0.25, -0.2) is 0 Å². The highest BCUT2D eigenvalue weighted by atomic mass is 16.4. The summed E-state index contributed by atoms with van der Waals surface area (Å²) in [6, 6.07) is 0. The number of rotatable bonds is 2. The average molecular weight is 145 g/mol. The van der Waals surface area contributed by atoms with Gasteiger partial charge in [0.25, 0.3) is 0 Å². The van der Waals surface area contributed by atoms with Crippen LogP contribution in [0.15, 0.2) is 0 Å². The second kappa shape index (κ2) is 1.69. The van der Waals surface area contributed by atoms with Crippen LogP contribution in [-0.4, -0.2) is 27.7 Å². The fraction of sp³-hybridized carbons (Fsp3) is 0.600. The van der Waals surface area contributed by atoms with Crippen molar-refractivity contribution in [2.24, 2.45) is 11.7 Å². The SMILES string of the molecule is N[C@@]1(C(=O)O)C[C@H]1C(=O)O. The molecule has 4 N–H and O–H groups in total. The van der Waals surface area contributed by atoms with Crippen molar-refractivity contribution in [3.63, 3.8) is 0 Å². The first-order valence-corrected chi connectivity index (χ1v) is 2.73. The molecule has 5 heteroatoms. The number of carboxylic acids is 2. The summed E-state index contributed by atoms with van der Waals surface area (Å²) in [4.78, 5) is 20.3. The summed E-state index contributed by atoms with van der Waals surface area (Å²) in [6.07, 6.45) is 0.0394. The van der Waals surface area contributed by atoms with Gasteiger partial charge in [0.1, 0.15) is 5.54 Å². The van der Waals surface area contributed by atoms with Gasteiger partial charge in [0.2, 0.25) is 0 Å². The van der Waals surface area contributed by atoms with E-state index in [1.54, 1.807) is 0 Å². The number of hydrogen-bond acceptors (Lipinski definition) is 3. The molecule has 1 aliphatic rings. The number of hydrogen-bond donors (Lipinski definition) is 3. The van der Waals surface area contributed by atoms with Gasteiger partial charge in [0.15, 0.2) is 0 Å². The molecule has 2 atom stereocenters. The van der Waals surface area contributed by atoms with Gasteiger partial charge in [0, 0.05) is 0 Å². The Morgan fingerprint density at radius 1 is 1.50 bits per heavy atom. The highest BCUT2D eigenvalue weighted by Crippen LogP contribution is 2.41. The van der Waals surface area contributed by atoms with Crippen molar-refractivity contribution in [3.05, 3.63) is 0 Å². The molecule has 5 nitrogen and oxygen atoms in total. The minimum Gasteiger partial charge on any atom is -0.481 e. The molecule has 10 heavy (non-hydrogen) atoms. The molecule has 1 fully saturated rings. The van der Waals surface area contributed by atoms with Crippen molar-refractivity contribution in [1.82, 2.24) is 0 Å². The van der Waals surface area contributed by atoms with E-state index < -0.39 is 23.4 Å². The monoisotopic (exact) mass is 145 g/mol. The summed E-state index contributed by atoms with van der Waals surface area (Å²) in [6.45, 7) is 0. The molecule has 1 rings (SSSR count). The lowest BCUT2D eigenvalue weighted by Gasteiger charge is -1.99. The molecule has 0 aromatic carbocycles. The predicted octanol–water partition coefficient (Wildman–Crippen LogP) is -1.13. The van der Waals surface area contributed by atoms with Crippen LogP contribution < -0.4 is 5.73 Å². The Morgan fingerprint density at radius 3 is 2.10 bits per heavy atom. The minimum absolute atomic E-state index is 0.0394. The van der Waals surface area contributed by atoms with Crippen molar-refractivity contribution in [2.45, 2.75) is 12.0 Å². The number of nitrogens with two attached hydrogens (primary N) is 1. The maximum Gasteiger partial charge on any atom is 0.324 e. The van der Waals surface area contributed by atoms with E-state index >= 15 is 0 Å². The van der Waals surface area contributed by atoms with Crippen molar-refractivity contribution >= 4 is 11.9 Å². The normalized spacial score (nSPS) is 37.1. The molecule has 0 saturated heterocycles. The topological polar surface area (TPSA) is 101 Å². The van der Waals surface area contributed by atoms with Gasteiger partial charge in [-0.1, -0.05) is 0 Å². The molecule has 0 aromatic rings. The van der Waals surface area contributed by atoms with Crippen molar-refractivity contribution < 1.29 is 19.8 Å². The summed E-state index contributed by atoms with van der Waals surface area (Å²) in [5, 5.41) is 16.6. The molecule has 0 aromatic heterocycles. The zero-order chi connectivity index (χ0) is 7.94. The maximum absolute atomic E-state index is 10.2. The first-order valence-electron chi connectivity index (χ1n) is 2.73. The lowest BCUT2D eigenvalue weighted by molar-refractivity contribution is -0.145. The summed E-state index contributed by atoms with van der Waals surface area (Å²) in [5.41, 5.74) is 3.66. The molecule has 0 aliphatic heterocycles. The van der Waals surface area contributed by atoms with E-state index in [9.17, 15) is 9.59 Å². The summed E-state index contributed by atoms with van der Waals surface area (Å²) in [7, 11) is 0. The fourth-order valence-electron chi connectivity index (χ4n) is 0.823. The number of aliphatic carboxylic acids is 2. The van der Waals surface area contributed by atoms with Crippen LogP contribution in [0.3, 0.4) is 0 Å². The van der Waals surface area contributed by atoms with Crippen LogP contribution in [0.4, 0.5) is 0 Å². The van der Waals surface area contributed by atoms with Gasteiger partial charge in [-0.3, -0.25) is 9.59 Å². The van der Waals surface area contributed by atoms with E-state index in [4.69, 9.17) is 15.9 Å². The lowest BCUT2D eigenvalue weighted by atomic mass is 10.2. The Balaban J connectivity index is 2.65. The van der Waals surface area contributed by atoms with E-state index in [1.165, 1.54) is 0 Å². The first kappa shape index (κ1) is 7.01. The van der Waals surface area contributed by atoms with Gasteiger partial charge < -0.3 is 15.9 Å². The molecular formula is C5H7NO4. The summed E-state index contributed by atoms with van der Waals surface area (Å²) < 4.78 is 0. The van der Waals surface area contributed by atoms with E-state index in [2.05, 4.69) is 0 Å². The molecule has 1 aliphatic carbocycles. The van der Waals surface area contributed by atoms with Crippen LogP contribution in [-0.2, 0) is 9.59 Å². The van der Waals surface area contributed by atoms with E-state index in [0.29, 0.717) is 0 Å². The summed E-state index contributed by atoms with van der Waals surface area (Å²) in [5.74, 6) is -3.27. The molecule has 1 saturated carbocycles. The molecule has 0 amide bonds. The third-order valence-electron chi connectivity index (χ3n) is 1.70. The molecule has 0 heterocycles. The molecule has 0 spiro atoms. The zero-order valence-electron chi connectivity index (χ0n) is 5.07. The molecule has 0 unspecified atom stereocenters. The fourth-order valence-corrected chi connectivity index (χ4v) is 0.823. The van der Waals surface area contributed by atoms with Gasteiger partial charge >= 0.3 is 11.9 Å².